The Morgan fingerprint density at radius 1 is 1.09 bits per heavy atom. The number of nitrogens with zero attached hydrogens (tertiary/aromatic N) is 9. The van der Waals surface area contributed by atoms with Crippen molar-refractivity contribution in [2.24, 2.45) is 0 Å². The molecule has 0 unspecified atom stereocenters. The maximum Gasteiger partial charge on any atom is 0.225 e. The normalized spacial score (nSPS) is 23.6. The number of nitriles is 1. The average molecular weight is 474 g/mol. The molecule has 182 valence electrons. The summed E-state index contributed by atoms with van der Waals surface area (Å²) >= 11 is 0. The average Bonchev–Trinajstić information content (AvgIpc) is 3.50. The Kier molecular flexibility index (Phi) is 5.76. The number of ether oxygens (including phenoxy) is 1. The van der Waals surface area contributed by atoms with Gasteiger partial charge in [-0.15, -0.1) is 0 Å². The van der Waals surface area contributed by atoms with Crippen molar-refractivity contribution in [3.05, 3.63) is 47.5 Å². The molecule has 0 N–H and O–H groups in total. The summed E-state index contributed by atoms with van der Waals surface area (Å²) < 4.78 is 8.08. The standard InChI is InChI=1S/C25H31N9O/c1-18-13-33(23-4-3-20(11-26)34-24(23)5-6-28-34)16-21(35-18)15-31-14-19-12-27-25(29-22(19)17-31)32-9-7-30(2)8-10-32/h3-6,12,18,21H,7-10,13-17H2,1-2H3/t18-,21+/m1/s1. The number of hydrogen-bond acceptors (Lipinski definition) is 9. The van der Waals surface area contributed by atoms with Gasteiger partial charge >= 0.3 is 0 Å². The van der Waals surface area contributed by atoms with Gasteiger partial charge in [-0.3, -0.25) is 4.90 Å². The molecule has 2 saturated heterocycles. The first-order chi connectivity index (χ1) is 17.1. The van der Waals surface area contributed by atoms with Gasteiger partial charge in [0.2, 0.25) is 5.95 Å². The molecule has 10 heteroatoms. The molecule has 2 fully saturated rings. The lowest BCUT2D eigenvalue weighted by Crippen LogP contribution is -2.50. The first-order valence-electron chi connectivity index (χ1n) is 12.4. The van der Waals surface area contributed by atoms with E-state index in [9.17, 15) is 5.26 Å². The first-order valence-corrected chi connectivity index (χ1v) is 12.4. The molecule has 0 bridgehead atoms. The van der Waals surface area contributed by atoms with Gasteiger partial charge in [-0.2, -0.15) is 10.4 Å². The summed E-state index contributed by atoms with van der Waals surface area (Å²) in [6, 6.07) is 8.07. The highest BCUT2D eigenvalue weighted by Crippen LogP contribution is 2.28. The second-order valence-corrected chi connectivity index (χ2v) is 9.92. The highest BCUT2D eigenvalue weighted by molar-refractivity contribution is 5.74. The van der Waals surface area contributed by atoms with Crippen LogP contribution in [-0.2, 0) is 17.8 Å². The van der Waals surface area contributed by atoms with Gasteiger partial charge in [0.1, 0.15) is 11.8 Å². The largest absolute Gasteiger partial charge is 0.370 e. The Bertz CT molecular complexity index is 1260. The van der Waals surface area contributed by atoms with Crippen LogP contribution in [0.1, 0.15) is 23.9 Å². The Hall–Kier alpha value is -3.26. The van der Waals surface area contributed by atoms with E-state index in [1.54, 1.807) is 10.7 Å². The van der Waals surface area contributed by atoms with Crippen molar-refractivity contribution in [1.29, 1.82) is 5.26 Å². The second-order valence-electron chi connectivity index (χ2n) is 9.92. The molecule has 0 aliphatic carbocycles. The molecular formula is C25H31N9O. The predicted octanol–water partition coefficient (Wildman–Crippen LogP) is 1.36. The number of hydrogen-bond donors (Lipinski definition) is 0. The molecule has 3 aliphatic rings. The number of piperazine rings is 1. The van der Waals surface area contributed by atoms with Crippen molar-refractivity contribution in [3.8, 4) is 6.07 Å². The van der Waals surface area contributed by atoms with Crippen LogP contribution in [0, 0.1) is 11.3 Å². The minimum Gasteiger partial charge on any atom is -0.370 e. The van der Waals surface area contributed by atoms with Gasteiger partial charge in [-0.25, -0.2) is 14.5 Å². The molecule has 0 radical (unpaired) electrons. The van der Waals surface area contributed by atoms with E-state index in [-0.39, 0.29) is 12.2 Å². The minimum atomic E-state index is 0.0803. The summed E-state index contributed by atoms with van der Waals surface area (Å²) in [4.78, 5) is 19.0. The van der Waals surface area contributed by atoms with E-state index in [0.29, 0.717) is 5.69 Å². The highest BCUT2D eigenvalue weighted by atomic mass is 16.5. The molecule has 6 rings (SSSR count). The van der Waals surface area contributed by atoms with Crippen molar-refractivity contribution < 1.29 is 4.74 Å². The maximum atomic E-state index is 9.41. The van der Waals surface area contributed by atoms with Crippen molar-refractivity contribution in [2.75, 3.05) is 62.7 Å². The minimum absolute atomic E-state index is 0.0803. The molecule has 3 aromatic rings. The zero-order chi connectivity index (χ0) is 23.9. The molecule has 0 saturated carbocycles. The number of anilines is 2. The van der Waals surface area contributed by atoms with Gasteiger partial charge in [0.25, 0.3) is 0 Å². The number of rotatable bonds is 4. The van der Waals surface area contributed by atoms with Crippen molar-refractivity contribution in [1.82, 2.24) is 29.4 Å². The number of pyridine rings is 1. The van der Waals surface area contributed by atoms with Crippen molar-refractivity contribution in [2.45, 2.75) is 32.2 Å². The Balaban J connectivity index is 1.14. The van der Waals surface area contributed by atoms with Crippen LogP contribution < -0.4 is 9.80 Å². The van der Waals surface area contributed by atoms with E-state index in [1.165, 1.54) is 5.56 Å². The van der Waals surface area contributed by atoms with Crippen LogP contribution in [0.5, 0.6) is 0 Å². The van der Waals surface area contributed by atoms with E-state index >= 15 is 0 Å². The van der Waals surface area contributed by atoms with E-state index < -0.39 is 0 Å². The summed E-state index contributed by atoms with van der Waals surface area (Å²) in [5.74, 6) is 0.859. The van der Waals surface area contributed by atoms with Crippen LogP contribution in [0.3, 0.4) is 0 Å². The lowest BCUT2D eigenvalue weighted by atomic mass is 10.1. The summed E-state index contributed by atoms with van der Waals surface area (Å²) in [6.07, 6.45) is 3.96. The van der Waals surface area contributed by atoms with Gasteiger partial charge in [0, 0.05) is 70.7 Å². The third-order valence-electron chi connectivity index (χ3n) is 7.27. The van der Waals surface area contributed by atoms with Gasteiger partial charge in [0.05, 0.1) is 35.3 Å². The summed E-state index contributed by atoms with van der Waals surface area (Å²) in [5.41, 5.74) is 4.95. The van der Waals surface area contributed by atoms with E-state index in [4.69, 9.17) is 9.72 Å². The smallest absolute Gasteiger partial charge is 0.225 e. The molecule has 35 heavy (non-hydrogen) atoms. The quantitative estimate of drug-likeness (QED) is 0.557. The number of fused-ring (bicyclic) bond motifs is 2. The Labute approximate surface area is 205 Å². The second kappa shape index (κ2) is 9.07. The monoisotopic (exact) mass is 473 g/mol. The van der Waals surface area contributed by atoms with Crippen LogP contribution in [0.4, 0.5) is 11.6 Å². The molecule has 2 atom stereocenters. The maximum absolute atomic E-state index is 9.41. The molecule has 0 amide bonds. The first kappa shape index (κ1) is 22.2. The van der Waals surface area contributed by atoms with Gasteiger partial charge in [0.15, 0.2) is 0 Å². The topological polar surface area (TPSA) is 89.1 Å². The molecule has 3 aromatic heterocycles. The summed E-state index contributed by atoms with van der Waals surface area (Å²) in [6.45, 7) is 10.3. The lowest BCUT2D eigenvalue weighted by molar-refractivity contribution is -0.0329. The molecule has 10 nitrogen and oxygen atoms in total. The fourth-order valence-electron chi connectivity index (χ4n) is 5.48. The van der Waals surface area contributed by atoms with Gasteiger partial charge < -0.3 is 19.4 Å². The zero-order valence-electron chi connectivity index (χ0n) is 20.3. The Morgan fingerprint density at radius 2 is 1.94 bits per heavy atom. The van der Waals surface area contributed by atoms with Crippen molar-refractivity contribution >= 4 is 17.2 Å². The van der Waals surface area contributed by atoms with E-state index in [2.05, 4.69) is 49.7 Å². The molecular weight excluding hydrogens is 442 g/mol. The zero-order valence-corrected chi connectivity index (χ0v) is 20.3. The van der Waals surface area contributed by atoms with E-state index in [1.807, 2.05) is 24.4 Å². The summed E-state index contributed by atoms with van der Waals surface area (Å²) in [7, 11) is 2.16. The molecule has 0 spiro atoms. The third kappa shape index (κ3) is 4.31. The van der Waals surface area contributed by atoms with E-state index in [0.717, 1.165) is 81.7 Å². The number of morpholine rings is 1. The fraction of sp³-hybridized carbons (Fsp3) is 0.520. The van der Waals surface area contributed by atoms with Crippen LogP contribution in [0.2, 0.25) is 0 Å². The van der Waals surface area contributed by atoms with Crippen LogP contribution in [-0.4, -0.2) is 94.5 Å². The predicted molar refractivity (Wildman–Crippen MR) is 132 cm³/mol. The Morgan fingerprint density at radius 3 is 2.77 bits per heavy atom. The molecule has 3 aliphatic heterocycles. The van der Waals surface area contributed by atoms with Gasteiger partial charge in [-0.1, -0.05) is 0 Å². The highest BCUT2D eigenvalue weighted by Gasteiger charge is 2.31. The van der Waals surface area contributed by atoms with Crippen LogP contribution in [0.25, 0.3) is 5.52 Å². The molecule has 6 heterocycles. The van der Waals surface area contributed by atoms with Gasteiger partial charge in [-0.05, 0) is 32.2 Å². The summed E-state index contributed by atoms with van der Waals surface area (Å²) in [5, 5.41) is 13.8. The third-order valence-corrected chi connectivity index (χ3v) is 7.27. The number of aromatic nitrogens is 4. The lowest BCUT2D eigenvalue weighted by Gasteiger charge is -2.39. The molecule has 0 aromatic carbocycles. The van der Waals surface area contributed by atoms with Crippen molar-refractivity contribution in [3.63, 3.8) is 0 Å². The SMILES string of the molecule is C[C@@H]1CN(c2ccc(C#N)n3nccc23)C[C@H](CN2Cc3cnc(N4CCN(C)CC4)nc3C2)O1. The number of likely N-dealkylation sites (N-methyl/N-ethyl adjacent to an activating group) is 1. The van der Waals surface area contributed by atoms with Crippen LogP contribution >= 0.6 is 0 Å². The van der Waals surface area contributed by atoms with Crippen LogP contribution in [0.15, 0.2) is 30.6 Å². The fourth-order valence-corrected chi connectivity index (χ4v) is 5.48.